The van der Waals surface area contributed by atoms with E-state index >= 15 is 0 Å². The number of likely N-dealkylation sites (N-methyl/N-ethyl adjacent to an activating group) is 1. The third kappa shape index (κ3) is 8.33. The molecule has 0 unspecified atom stereocenters. The molecule has 0 radical (unpaired) electrons. The fourth-order valence-corrected chi connectivity index (χ4v) is 7.29. The summed E-state index contributed by atoms with van der Waals surface area (Å²) in [5.74, 6) is -12.6. The highest BCUT2D eigenvalue weighted by Crippen LogP contribution is 2.43. The number of carbonyl (C=O) groups excluding carboxylic acids is 1. The molecule has 0 saturated carbocycles. The summed E-state index contributed by atoms with van der Waals surface area (Å²) in [5.41, 5.74) is 4.20. The van der Waals surface area contributed by atoms with Gasteiger partial charge in [0.15, 0.2) is 29.6 Å². The van der Waals surface area contributed by atoms with Gasteiger partial charge in [-0.15, -0.1) is 0 Å². The lowest BCUT2D eigenvalue weighted by atomic mass is 9.89. The van der Waals surface area contributed by atoms with Gasteiger partial charge >= 0.3 is 0 Å². The van der Waals surface area contributed by atoms with Crippen LogP contribution in [0.25, 0.3) is 21.9 Å². The molecule has 6 aromatic carbocycles. The van der Waals surface area contributed by atoms with E-state index in [1.54, 1.807) is 18.2 Å². The maximum Gasteiger partial charge on any atom is 0.257 e. The van der Waals surface area contributed by atoms with Crippen LogP contribution in [-0.2, 0) is 22.6 Å². The van der Waals surface area contributed by atoms with E-state index in [0.717, 1.165) is 27.8 Å². The molecule has 6 aromatic rings. The number of aliphatic hydroxyl groups is 1. The molecule has 7 rings (SSSR count). The van der Waals surface area contributed by atoms with Gasteiger partial charge in [0.05, 0.1) is 18.8 Å². The maximum atomic E-state index is 14.3. The first kappa shape index (κ1) is 39.8. The lowest BCUT2D eigenvalue weighted by molar-refractivity contribution is -0.276. The van der Waals surface area contributed by atoms with Crippen molar-refractivity contribution in [2.24, 2.45) is 5.92 Å². The second-order valence-corrected chi connectivity index (χ2v) is 14.5. The van der Waals surface area contributed by atoms with Crippen molar-refractivity contribution in [1.82, 2.24) is 10.2 Å². The third-order valence-electron chi connectivity index (χ3n) is 10.8. The van der Waals surface area contributed by atoms with E-state index in [4.69, 9.17) is 9.47 Å². The van der Waals surface area contributed by atoms with Gasteiger partial charge in [0.25, 0.3) is 5.91 Å². The average Bonchev–Trinajstić information content (AvgIpc) is 3.24. The van der Waals surface area contributed by atoms with Crippen molar-refractivity contribution >= 4 is 16.7 Å². The third-order valence-corrected chi connectivity index (χ3v) is 10.8. The second-order valence-electron chi connectivity index (χ2n) is 14.5. The molecule has 1 saturated heterocycles. The van der Waals surface area contributed by atoms with E-state index in [2.05, 4.69) is 61.4 Å². The lowest BCUT2D eigenvalue weighted by Gasteiger charge is -2.43. The molecular formula is C46H41F5N2O4. The maximum absolute atomic E-state index is 14.3. The summed E-state index contributed by atoms with van der Waals surface area (Å²) in [5, 5.41) is 14.3. The first-order chi connectivity index (χ1) is 27.4. The molecule has 0 aliphatic carbocycles. The summed E-state index contributed by atoms with van der Waals surface area (Å²) in [7, 11) is 2.09. The minimum atomic E-state index is -2.34. The first-order valence-electron chi connectivity index (χ1n) is 18.6. The summed E-state index contributed by atoms with van der Waals surface area (Å²) in [6, 6.07) is 37.2. The summed E-state index contributed by atoms with van der Waals surface area (Å²) in [6.07, 6.45) is -1.33. The van der Waals surface area contributed by atoms with Crippen LogP contribution in [0.3, 0.4) is 0 Å². The molecule has 57 heavy (non-hydrogen) atoms. The molecule has 11 heteroatoms. The number of ether oxygens (including phenoxy) is 2. The van der Waals surface area contributed by atoms with Gasteiger partial charge in [0.1, 0.15) is 5.56 Å². The highest BCUT2D eigenvalue weighted by molar-refractivity contribution is 5.94. The van der Waals surface area contributed by atoms with Crippen molar-refractivity contribution in [1.29, 1.82) is 0 Å². The molecule has 5 atom stereocenters. The molecule has 0 spiro atoms. The Morgan fingerprint density at radius 1 is 0.719 bits per heavy atom. The lowest BCUT2D eigenvalue weighted by Crippen LogP contribution is -2.44. The number of carbonyl (C=O) groups is 1. The van der Waals surface area contributed by atoms with Gasteiger partial charge in [0.2, 0.25) is 5.82 Å². The van der Waals surface area contributed by atoms with E-state index < -0.39 is 46.8 Å². The predicted octanol–water partition coefficient (Wildman–Crippen LogP) is 10.1. The molecular weight excluding hydrogens is 740 g/mol. The van der Waals surface area contributed by atoms with Crippen LogP contribution in [0.2, 0.25) is 0 Å². The summed E-state index contributed by atoms with van der Waals surface area (Å²) in [4.78, 5) is 14.9. The fraction of sp³-hybridized carbons (Fsp3) is 0.239. The Hall–Kier alpha value is -5.46. The zero-order chi connectivity index (χ0) is 40.4. The minimum absolute atomic E-state index is 0.0487. The first-order valence-corrected chi connectivity index (χ1v) is 18.6. The minimum Gasteiger partial charge on any atom is -0.392 e. The summed E-state index contributed by atoms with van der Waals surface area (Å²) in [6.45, 7) is 4.59. The highest BCUT2D eigenvalue weighted by atomic mass is 19.2. The van der Waals surface area contributed by atoms with Crippen molar-refractivity contribution in [2.45, 2.75) is 51.5 Å². The van der Waals surface area contributed by atoms with Crippen LogP contribution < -0.4 is 5.32 Å². The molecule has 1 heterocycles. The molecule has 0 aromatic heterocycles. The van der Waals surface area contributed by atoms with E-state index in [1.807, 2.05) is 66.7 Å². The van der Waals surface area contributed by atoms with Gasteiger partial charge in [-0.25, -0.2) is 22.0 Å². The second kappa shape index (κ2) is 17.0. The van der Waals surface area contributed by atoms with Crippen molar-refractivity contribution in [3.05, 3.63) is 178 Å². The van der Waals surface area contributed by atoms with Gasteiger partial charge in [-0.1, -0.05) is 104 Å². The van der Waals surface area contributed by atoms with Gasteiger partial charge in [-0.3, -0.25) is 9.69 Å². The fourth-order valence-electron chi connectivity index (χ4n) is 7.29. The highest BCUT2D eigenvalue weighted by Gasteiger charge is 2.39. The number of fused-ring (bicyclic) bond motifs is 1. The topological polar surface area (TPSA) is 71.0 Å². The summed E-state index contributed by atoms with van der Waals surface area (Å²) < 4.78 is 83.0. The van der Waals surface area contributed by atoms with Crippen LogP contribution >= 0.6 is 0 Å². The number of aliphatic hydroxyl groups excluding tert-OH is 1. The smallest absolute Gasteiger partial charge is 0.257 e. The molecule has 2 N–H and O–H groups in total. The van der Waals surface area contributed by atoms with Gasteiger partial charge in [-0.2, -0.15) is 0 Å². The zero-order valence-electron chi connectivity index (χ0n) is 31.5. The van der Waals surface area contributed by atoms with Crippen LogP contribution in [-0.4, -0.2) is 35.6 Å². The Labute approximate surface area is 327 Å². The Morgan fingerprint density at radius 2 is 1.37 bits per heavy atom. The van der Waals surface area contributed by atoms with Crippen LogP contribution in [0, 0.1) is 35.0 Å². The molecule has 1 amide bonds. The average molecular weight is 781 g/mol. The molecule has 0 bridgehead atoms. The molecule has 1 aliphatic heterocycles. The van der Waals surface area contributed by atoms with Crippen LogP contribution in [0.5, 0.6) is 0 Å². The Kier molecular flexibility index (Phi) is 11.8. The van der Waals surface area contributed by atoms with Crippen LogP contribution in [0.1, 0.15) is 70.5 Å². The van der Waals surface area contributed by atoms with E-state index in [9.17, 15) is 31.9 Å². The normalized spacial score (nSPS) is 18.8. The molecule has 294 valence electrons. The van der Waals surface area contributed by atoms with Crippen molar-refractivity contribution in [3.63, 3.8) is 0 Å². The Bertz CT molecular complexity index is 2380. The zero-order valence-corrected chi connectivity index (χ0v) is 31.5. The number of amides is 1. The predicted molar refractivity (Wildman–Crippen MR) is 207 cm³/mol. The van der Waals surface area contributed by atoms with Gasteiger partial charge < -0.3 is 19.9 Å². The number of nitrogens with zero attached hydrogens (tertiary/aromatic N) is 1. The molecule has 1 fully saturated rings. The van der Waals surface area contributed by atoms with Crippen LogP contribution in [0.4, 0.5) is 22.0 Å². The molecule has 6 nitrogen and oxygen atoms in total. The Balaban J connectivity index is 1.12. The SMILES string of the molecule is C[C@H]1[C@@H](CN(C)[C@H](C)c2ccc3ccccc3c2)O[C@@H](c2cccc(-c3cccc(CNC(=O)c4c(F)c(F)c(F)c(F)c4F)c3)c2)O[C@H]1c1ccc(CO)cc1. The van der Waals surface area contributed by atoms with Crippen molar-refractivity contribution < 1.29 is 41.3 Å². The van der Waals surface area contributed by atoms with Gasteiger partial charge in [-0.05, 0) is 76.3 Å². The number of rotatable bonds is 11. The summed E-state index contributed by atoms with van der Waals surface area (Å²) >= 11 is 0. The monoisotopic (exact) mass is 780 g/mol. The quantitative estimate of drug-likeness (QED) is 0.0779. The van der Waals surface area contributed by atoms with Crippen molar-refractivity contribution in [2.75, 3.05) is 13.6 Å². The number of nitrogens with one attached hydrogen (secondary N) is 1. The molecule has 1 aliphatic rings. The van der Waals surface area contributed by atoms with Crippen LogP contribution in [0.15, 0.2) is 115 Å². The van der Waals surface area contributed by atoms with E-state index in [1.165, 1.54) is 16.3 Å². The number of hydrogen-bond acceptors (Lipinski definition) is 5. The van der Waals surface area contributed by atoms with Gasteiger partial charge in [0, 0.05) is 30.6 Å². The number of halogens is 5. The largest absolute Gasteiger partial charge is 0.392 e. The number of benzene rings is 6. The number of hydrogen-bond donors (Lipinski definition) is 2. The van der Waals surface area contributed by atoms with Crippen molar-refractivity contribution in [3.8, 4) is 11.1 Å². The van der Waals surface area contributed by atoms with E-state index in [-0.39, 0.29) is 37.3 Å². The standard InChI is InChI=1S/C46H41F5N2O4/c1-26-37(24-53(3)27(2)32-19-18-30-9-4-5-10-34(30)21-32)56-46(57-44(26)31-16-14-28(25-54)15-17-31)36-13-7-12-35(22-36)33-11-6-8-29(20-33)23-52-45(55)38-39(47)41(49)43(51)42(50)40(38)48/h4-22,26-27,37,44,46,54H,23-25H2,1-3H3,(H,52,55)/t26-,27+,37+,44+,46+/m0/s1. The Morgan fingerprint density at radius 3 is 2.07 bits per heavy atom. The van der Waals surface area contributed by atoms with E-state index in [0.29, 0.717) is 12.1 Å².